The molecule has 0 radical (unpaired) electrons. The zero-order valence-electron chi connectivity index (χ0n) is 12.1. The number of hydrogen-bond acceptors (Lipinski definition) is 6. The number of primary amides is 1. The number of hydrogen-bond donors (Lipinski definition) is 1. The van der Waals surface area contributed by atoms with Crippen LogP contribution in [0.1, 0.15) is 18.1 Å². The van der Waals surface area contributed by atoms with Crippen LogP contribution in [0.15, 0.2) is 28.8 Å². The third kappa shape index (κ3) is 4.20. The number of aromatic nitrogens is 2. The summed E-state index contributed by atoms with van der Waals surface area (Å²) < 4.78 is 10.3. The Labute approximate surface area is 122 Å². The second kappa shape index (κ2) is 6.74. The van der Waals surface area contributed by atoms with Crippen LogP contribution < -0.4 is 15.4 Å². The Hall–Kier alpha value is -2.57. The van der Waals surface area contributed by atoms with E-state index in [2.05, 4.69) is 10.1 Å². The molecule has 0 saturated carbocycles. The molecule has 0 aliphatic rings. The molecule has 0 unspecified atom stereocenters. The zero-order valence-corrected chi connectivity index (χ0v) is 12.1. The monoisotopic (exact) mass is 290 g/mol. The number of carbonyl (C=O) groups is 1. The molecular weight excluding hydrogens is 272 g/mol. The maximum absolute atomic E-state index is 11.0. The van der Waals surface area contributed by atoms with Gasteiger partial charge in [0.1, 0.15) is 5.75 Å². The van der Waals surface area contributed by atoms with Crippen LogP contribution >= 0.6 is 0 Å². The van der Waals surface area contributed by atoms with E-state index in [1.807, 2.05) is 29.2 Å². The fourth-order valence-electron chi connectivity index (χ4n) is 1.91. The van der Waals surface area contributed by atoms with Crippen LogP contribution in [0.25, 0.3) is 0 Å². The quantitative estimate of drug-likeness (QED) is 0.825. The summed E-state index contributed by atoms with van der Waals surface area (Å²) in [6, 6.07) is 7.52. The zero-order chi connectivity index (χ0) is 15.2. The first-order valence-corrected chi connectivity index (χ1v) is 6.55. The van der Waals surface area contributed by atoms with Crippen LogP contribution in [0.4, 0.5) is 5.69 Å². The van der Waals surface area contributed by atoms with Crippen molar-refractivity contribution < 1.29 is 14.1 Å². The highest BCUT2D eigenvalue weighted by molar-refractivity contribution is 5.74. The summed E-state index contributed by atoms with van der Waals surface area (Å²) >= 11 is 0. The molecule has 0 atom stereocenters. The van der Waals surface area contributed by atoms with E-state index in [4.69, 9.17) is 15.0 Å². The second-order valence-electron chi connectivity index (χ2n) is 4.57. The molecule has 112 valence electrons. The third-order valence-corrected chi connectivity index (χ3v) is 2.96. The van der Waals surface area contributed by atoms with Gasteiger partial charge < -0.3 is 19.9 Å². The number of ether oxygens (including phenoxy) is 1. The molecule has 1 heterocycles. The Bertz CT molecular complexity index is 595. The maximum atomic E-state index is 11.0. The average molecular weight is 290 g/mol. The van der Waals surface area contributed by atoms with Crippen molar-refractivity contribution in [3.8, 4) is 5.75 Å². The van der Waals surface area contributed by atoms with Crippen molar-refractivity contribution in [2.75, 3.05) is 18.6 Å². The summed E-state index contributed by atoms with van der Waals surface area (Å²) in [6.45, 7) is 2.65. The first-order valence-electron chi connectivity index (χ1n) is 6.55. The highest BCUT2D eigenvalue weighted by atomic mass is 16.5. The Balaban J connectivity index is 2.15. The van der Waals surface area contributed by atoms with Gasteiger partial charge in [-0.3, -0.25) is 4.79 Å². The summed E-state index contributed by atoms with van der Waals surface area (Å²) in [5.74, 6) is 1.49. The molecule has 2 rings (SSSR count). The average Bonchev–Trinajstić information content (AvgIpc) is 2.89. The molecule has 0 aliphatic heterocycles. The van der Waals surface area contributed by atoms with E-state index in [-0.39, 0.29) is 12.3 Å². The second-order valence-corrected chi connectivity index (χ2v) is 4.57. The predicted molar refractivity (Wildman–Crippen MR) is 76.9 cm³/mol. The largest absolute Gasteiger partial charge is 0.497 e. The van der Waals surface area contributed by atoms with E-state index in [9.17, 15) is 4.79 Å². The summed E-state index contributed by atoms with van der Waals surface area (Å²) in [6.07, 6.45) is 0.249. The molecule has 0 saturated heterocycles. The topological polar surface area (TPSA) is 94.5 Å². The minimum absolute atomic E-state index is 0.249. The molecule has 7 nitrogen and oxygen atoms in total. The molecule has 21 heavy (non-hydrogen) atoms. The van der Waals surface area contributed by atoms with Crippen molar-refractivity contribution in [1.82, 2.24) is 10.1 Å². The number of aryl methyl sites for hydroxylation is 1. The fourth-order valence-corrected chi connectivity index (χ4v) is 1.91. The molecule has 0 bridgehead atoms. The third-order valence-electron chi connectivity index (χ3n) is 2.96. The molecule has 1 aromatic carbocycles. The minimum Gasteiger partial charge on any atom is -0.497 e. The predicted octanol–water partition coefficient (Wildman–Crippen LogP) is 1.27. The summed E-state index contributed by atoms with van der Waals surface area (Å²) in [5, 5.41) is 3.76. The molecule has 1 amide bonds. The van der Waals surface area contributed by atoms with Gasteiger partial charge in [-0.25, -0.2) is 0 Å². The lowest BCUT2D eigenvalue weighted by molar-refractivity contribution is -0.117. The molecule has 2 aromatic rings. The van der Waals surface area contributed by atoms with Crippen LogP contribution in [0, 0.1) is 6.92 Å². The number of nitrogens with zero attached hydrogens (tertiary/aromatic N) is 3. The fraction of sp³-hybridized carbons (Fsp3) is 0.357. The van der Waals surface area contributed by atoms with Crippen LogP contribution in [0.3, 0.4) is 0 Å². The van der Waals surface area contributed by atoms with E-state index >= 15 is 0 Å². The van der Waals surface area contributed by atoms with Gasteiger partial charge in [-0.15, -0.1) is 0 Å². The van der Waals surface area contributed by atoms with E-state index in [1.165, 1.54) is 0 Å². The van der Waals surface area contributed by atoms with Crippen molar-refractivity contribution in [1.29, 1.82) is 0 Å². The van der Waals surface area contributed by atoms with Crippen LogP contribution in [0.5, 0.6) is 5.75 Å². The number of rotatable bonds is 7. The molecular formula is C14H18N4O3. The number of amides is 1. The van der Waals surface area contributed by atoms with Crippen molar-refractivity contribution >= 4 is 11.6 Å². The molecule has 0 fully saturated rings. The molecule has 2 N–H and O–H groups in total. The Morgan fingerprint density at radius 3 is 2.62 bits per heavy atom. The van der Waals surface area contributed by atoms with E-state index in [1.54, 1.807) is 14.0 Å². The SMILES string of the molecule is COc1ccc(N(CCC(N)=O)Cc2nc(C)no2)cc1. The number of benzene rings is 1. The Morgan fingerprint density at radius 1 is 1.38 bits per heavy atom. The first kappa shape index (κ1) is 14.8. The maximum Gasteiger partial charge on any atom is 0.246 e. The van der Waals surface area contributed by atoms with Crippen molar-refractivity contribution in [3.05, 3.63) is 36.0 Å². The molecule has 1 aromatic heterocycles. The summed E-state index contributed by atoms with van der Waals surface area (Å²) in [5.41, 5.74) is 6.15. The number of anilines is 1. The number of methoxy groups -OCH3 is 1. The van der Waals surface area contributed by atoms with E-state index in [0.29, 0.717) is 24.8 Å². The van der Waals surface area contributed by atoms with Crippen LogP contribution in [0.2, 0.25) is 0 Å². The van der Waals surface area contributed by atoms with Crippen molar-refractivity contribution in [3.63, 3.8) is 0 Å². The van der Waals surface area contributed by atoms with Crippen LogP contribution in [-0.4, -0.2) is 29.7 Å². The van der Waals surface area contributed by atoms with Crippen molar-refractivity contribution in [2.24, 2.45) is 5.73 Å². The lowest BCUT2D eigenvalue weighted by atomic mass is 10.2. The normalized spacial score (nSPS) is 10.4. The lowest BCUT2D eigenvalue weighted by Crippen LogP contribution is -2.27. The lowest BCUT2D eigenvalue weighted by Gasteiger charge is -2.22. The molecule has 7 heteroatoms. The van der Waals surface area contributed by atoms with Gasteiger partial charge in [-0.05, 0) is 31.2 Å². The number of carbonyl (C=O) groups excluding carboxylic acids is 1. The minimum atomic E-state index is -0.352. The Kier molecular flexibility index (Phi) is 4.76. The highest BCUT2D eigenvalue weighted by Gasteiger charge is 2.13. The Morgan fingerprint density at radius 2 is 2.10 bits per heavy atom. The summed E-state index contributed by atoms with van der Waals surface area (Å²) in [4.78, 5) is 17.1. The van der Waals surface area contributed by atoms with Gasteiger partial charge >= 0.3 is 0 Å². The van der Waals surface area contributed by atoms with Crippen molar-refractivity contribution in [2.45, 2.75) is 19.9 Å². The summed E-state index contributed by atoms with van der Waals surface area (Å²) in [7, 11) is 1.61. The van der Waals surface area contributed by atoms with E-state index in [0.717, 1.165) is 11.4 Å². The number of nitrogens with two attached hydrogens (primary N) is 1. The van der Waals surface area contributed by atoms with Crippen LogP contribution in [-0.2, 0) is 11.3 Å². The first-order chi connectivity index (χ1) is 10.1. The van der Waals surface area contributed by atoms with Gasteiger partial charge in [-0.2, -0.15) is 4.98 Å². The highest BCUT2D eigenvalue weighted by Crippen LogP contribution is 2.21. The molecule has 0 spiro atoms. The van der Waals surface area contributed by atoms with Gasteiger partial charge in [0.2, 0.25) is 11.8 Å². The molecule has 0 aliphatic carbocycles. The van der Waals surface area contributed by atoms with Gasteiger partial charge in [-0.1, -0.05) is 5.16 Å². The van der Waals surface area contributed by atoms with Gasteiger partial charge in [0, 0.05) is 18.7 Å². The smallest absolute Gasteiger partial charge is 0.246 e. The standard InChI is InChI=1S/C14H18N4O3/c1-10-16-14(21-17-10)9-18(8-7-13(15)19)11-3-5-12(20-2)6-4-11/h3-6H,7-9H2,1-2H3,(H2,15,19). The van der Waals surface area contributed by atoms with Gasteiger partial charge in [0.05, 0.1) is 13.7 Å². The van der Waals surface area contributed by atoms with E-state index < -0.39 is 0 Å². The van der Waals surface area contributed by atoms with Gasteiger partial charge in [0.25, 0.3) is 0 Å². The van der Waals surface area contributed by atoms with Gasteiger partial charge in [0.15, 0.2) is 5.82 Å².